The molecular weight excluding hydrogens is 445 g/mol. The number of hydrogen-bond acceptors (Lipinski definition) is 4. The Balaban J connectivity index is 1.71. The molecule has 1 N–H and O–H groups in total. The summed E-state index contributed by atoms with van der Waals surface area (Å²) in [6.07, 6.45) is -3.47. The van der Waals surface area contributed by atoms with Gasteiger partial charge in [0.2, 0.25) is 0 Å². The van der Waals surface area contributed by atoms with Gasteiger partial charge in [0.25, 0.3) is 0 Å². The van der Waals surface area contributed by atoms with Gasteiger partial charge in [-0.25, -0.2) is 9.89 Å². The number of H-pyrrole nitrogens is 1. The molecule has 0 fully saturated rings. The van der Waals surface area contributed by atoms with Crippen molar-refractivity contribution in [2.75, 3.05) is 0 Å². The van der Waals surface area contributed by atoms with Gasteiger partial charge in [0.15, 0.2) is 5.82 Å². The minimum Gasteiger partial charge on any atom is -0.291 e. The Morgan fingerprint density at radius 2 is 1.65 bits per heavy atom. The molecular formula is C24H25F3N6O. The molecule has 0 atom stereocenters. The Morgan fingerprint density at radius 1 is 0.941 bits per heavy atom. The molecule has 34 heavy (non-hydrogen) atoms. The predicted molar refractivity (Wildman–Crippen MR) is 122 cm³/mol. The molecule has 0 amide bonds. The van der Waals surface area contributed by atoms with E-state index < -0.39 is 17.6 Å². The van der Waals surface area contributed by atoms with E-state index in [4.69, 9.17) is 0 Å². The summed E-state index contributed by atoms with van der Waals surface area (Å²) in [5, 5.41) is 14.0. The summed E-state index contributed by atoms with van der Waals surface area (Å²) in [4.78, 5) is 13.0. The fourth-order valence-corrected chi connectivity index (χ4v) is 4.23. The number of alkyl halides is 3. The highest BCUT2D eigenvalue weighted by Crippen LogP contribution is 2.33. The van der Waals surface area contributed by atoms with E-state index >= 15 is 0 Å². The third-order valence-corrected chi connectivity index (χ3v) is 5.67. The van der Waals surface area contributed by atoms with E-state index in [1.807, 2.05) is 55.5 Å². The van der Waals surface area contributed by atoms with Gasteiger partial charge in [0, 0.05) is 12.1 Å². The maximum atomic E-state index is 13.9. The van der Waals surface area contributed by atoms with Gasteiger partial charge in [-0.2, -0.15) is 13.2 Å². The van der Waals surface area contributed by atoms with Crippen molar-refractivity contribution >= 4 is 0 Å². The molecule has 0 aliphatic heterocycles. The standard InChI is InChI=1S/C24H25F3N6O/c1-3-7-20-21(24(25,26)27)32(14-4-2)23(34)33(20)15-16-10-12-17(13-11-16)18-8-5-6-9-19(18)22-28-30-31-29-22/h5-6,8-13H,3-4,7,14-15H2,1-2H3,(H,28,29,30,31). The zero-order valence-corrected chi connectivity index (χ0v) is 18.9. The van der Waals surface area contributed by atoms with E-state index in [1.54, 1.807) is 6.92 Å². The molecule has 7 nitrogen and oxygen atoms in total. The van der Waals surface area contributed by atoms with Crippen LogP contribution in [-0.2, 0) is 25.7 Å². The molecule has 178 valence electrons. The molecule has 0 saturated heterocycles. The van der Waals surface area contributed by atoms with Crippen LogP contribution in [0.25, 0.3) is 22.5 Å². The average Bonchev–Trinajstić information content (AvgIpc) is 3.43. The highest BCUT2D eigenvalue weighted by atomic mass is 19.4. The summed E-state index contributed by atoms with van der Waals surface area (Å²) in [7, 11) is 0. The van der Waals surface area contributed by atoms with Gasteiger partial charge in [0.1, 0.15) is 5.69 Å². The number of aromatic nitrogens is 6. The van der Waals surface area contributed by atoms with Crippen molar-refractivity contribution in [3.63, 3.8) is 0 Å². The summed E-state index contributed by atoms with van der Waals surface area (Å²) >= 11 is 0. The number of imidazole rings is 1. The minimum absolute atomic E-state index is 0.0314. The monoisotopic (exact) mass is 470 g/mol. The maximum absolute atomic E-state index is 13.9. The second-order valence-corrected chi connectivity index (χ2v) is 8.06. The summed E-state index contributed by atoms with van der Waals surface area (Å²) in [6, 6.07) is 15.1. The van der Waals surface area contributed by atoms with Gasteiger partial charge in [-0.3, -0.25) is 9.13 Å². The topological polar surface area (TPSA) is 81.4 Å². The van der Waals surface area contributed by atoms with E-state index in [0.29, 0.717) is 18.7 Å². The zero-order chi connectivity index (χ0) is 24.3. The van der Waals surface area contributed by atoms with Crippen molar-refractivity contribution in [2.45, 2.75) is 52.4 Å². The van der Waals surface area contributed by atoms with E-state index in [9.17, 15) is 18.0 Å². The van der Waals surface area contributed by atoms with Gasteiger partial charge >= 0.3 is 11.9 Å². The fourth-order valence-electron chi connectivity index (χ4n) is 4.23. The van der Waals surface area contributed by atoms with E-state index in [1.165, 1.54) is 4.57 Å². The first-order chi connectivity index (χ1) is 16.3. The number of halogens is 3. The largest absolute Gasteiger partial charge is 0.433 e. The van der Waals surface area contributed by atoms with Crippen molar-refractivity contribution in [3.8, 4) is 22.5 Å². The molecule has 2 aromatic carbocycles. The molecule has 2 aromatic heterocycles. The average molecular weight is 470 g/mol. The normalized spacial score (nSPS) is 11.8. The maximum Gasteiger partial charge on any atom is 0.433 e. The Bertz CT molecular complexity index is 1300. The lowest BCUT2D eigenvalue weighted by atomic mass is 9.98. The van der Waals surface area contributed by atoms with Crippen LogP contribution >= 0.6 is 0 Å². The lowest BCUT2D eigenvalue weighted by Crippen LogP contribution is -2.27. The molecule has 10 heteroatoms. The highest BCUT2D eigenvalue weighted by Gasteiger charge is 2.40. The summed E-state index contributed by atoms with van der Waals surface area (Å²) in [5.41, 5.74) is 1.97. The number of hydrogen-bond donors (Lipinski definition) is 1. The second-order valence-electron chi connectivity index (χ2n) is 8.06. The summed E-state index contributed by atoms with van der Waals surface area (Å²) in [6.45, 7) is 3.67. The number of aromatic amines is 1. The van der Waals surface area contributed by atoms with E-state index in [2.05, 4.69) is 20.6 Å². The highest BCUT2D eigenvalue weighted by molar-refractivity contribution is 5.80. The smallest absolute Gasteiger partial charge is 0.291 e. The number of rotatable bonds is 8. The quantitative estimate of drug-likeness (QED) is 0.396. The number of benzene rings is 2. The SMILES string of the molecule is CCCc1c(C(F)(F)F)n(CCC)c(=O)n1Cc1ccc(-c2ccccc2-c2nnn[nH]2)cc1. The lowest BCUT2D eigenvalue weighted by molar-refractivity contribution is -0.144. The Morgan fingerprint density at radius 3 is 2.24 bits per heavy atom. The van der Waals surface area contributed by atoms with Gasteiger partial charge in [-0.1, -0.05) is 68.8 Å². The molecule has 4 aromatic rings. The van der Waals surface area contributed by atoms with Crippen LogP contribution in [0.1, 0.15) is 43.6 Å². The Labute approximate surface area is 194 Å². The van der Waals surface area contributed by atoms with Gasteiger partial charge in [0.05, 0.1) is 12.2 Å². The third kappa shape index (κ3) is 4.52. The molecule has 0 saturated carbocycles. The Hall–Kier alpha value is -3.69. The van der Waals surface area contributed by atoms with Crippen molar-refractivity contribution in [3.05, 3.63) is 76.0 Å². The summed E-state index contributed by atoms with van der Waals surface area (Å²) < 4.78 is 43.8. The number of nitrogens with zero attached hydrogens (tertiary/aromatic N) is 5. The van der Waals surface area contributed by atoms with Crippen molar-refractivity contribution in [1.29, 1.82) is 0 Å². The first-order valence-electron chi connectivity index (χ1n) is 11.2. The molecule has 0 aliphatic carbocycles. The van der Waals surface area contributed by atoms with Crippen molar-refractivity contribution < 1.29 is 13.2 Å². The van der Waals surface area contributed by atoms with E-state index in [-0.39, 0.29) is 25.2 Å². The number of tetrazole rings is 1. The van der Waals surface area contributed by atoms with Crippen LogP contribution in [0.15, 0.2) is 53.3 Å². The third-order valence-electron chi connectivity index (χ3n) is 5.67. The van der Waals surface area contributed by atoms with Crippen LogP contribution in [0.5, 0.6) is 0 Å². The van der Waals surface area contributed by atoms with Crippen LogP contribution in [0.4, 0.5) is 13.2 Å². The lowest BCUT2D eigenvalue weighted by Gasteiger charge is -2.13. The van der Waals surface area contributed by atoms with Crippen molar-refractivity contribution in [1.82, 2.24) is 29.8 Å². The molecule has 0 radical (unpaired) electrons. The predicted octanol–water partition coefficient (Wildman–Crippen LogP) is 4.93. The molecule has 2 heterocycles. The van der Waals surface area contributed by atoms with E-state index in [0.717, 1.165) is 26.8 Å². The first kappa shape index (κ1) is 23.5. The molecule has 4 rings (SSSR count). The van der Waals surface area contributed by atoms with Gasteiger partial charge in [-0.05, 0) is 40.0 Å². The van der Waals surface area contributed by atoms with Crippen LogP contribution in [0.2, 0.25) is 0 Å². The number of nitrogens with one attached hydrogen (secondary N) is 1. The zero-order valence-electron chi connectivity index (χ0n) is 18.9. The van der Waals surface area contributed by atoms with Crippen LogP contribution in [0.3, 0.4) is 0 Å². The molecule has 0 unspecified atom stereocenters. The second kappa shape index (κ2) is 9.66. The molecule has 0 spiro atoms. The van der Waals surface area contributed by atoms with Crippen LogP contribution < -0.4 is 5.69 Å². The van der Waals surface area contributed by atoms with Crippen LogP contribution in [0, 0.1) is 0 Å². The molecule has 0 aliphatic rings. The molecule has 0 bridgehead atoms. The first-order valence-corrected chi connectivity index (χ1v) is 11.2. The van der Waals surface area contributed by atoms with Crippen molar-refractivity contribution in [2.24, 2.45) is 0 Å². The fraction of sp³-hybridized carbons (Fsp3) is 0.333. The van der Waals surface area contributed by atoms with Gasteiger partial charge < -0.3 is 0 Å². The van der Waals surface area contributed by atoms with Gasteiger partial charge in [-0.15, -0.1) is 5.10 Å². The summed E-state index contributed by atoms with van der Waals surface area (Å²) in [5.74, 6) is 0.535. The minimum atomic E-state index is -4.59. The Kier molecular flexibility index (Phi) is 6.67. The van der Waals surface area contributed by atoms with Crippen LogP contribution in [-0.4, -0.2) is 29.8 Å².